The number of amides is 1. The summed E-state index contributed by atoms with van der Waals surface area (Å²) in [5.74, 6) is -0.128. The van der Waals surface area contributed by atoms with Crippen molar-refractivity contribution in [3.8, 4) is 0 Å². The predicted octanol–water partition coefficient (Wildman–Crippen LogP) is 0.0523. The Bertz CT molecular complexity index is 418. The number of carbonyl (C=O) groups is 1. The topological polar surface area (TPSA) is 80.5 Å². The highest BCUT2D eigenvalue weighted by atomic mass is 32.1. The molecule has 0 aliphatic carbocycles. The molecule has 7 heteroatoms. The zero-order chi connectivity index (χ0) is 13.7. The van der Waals surface area contributed by atoms with E-state index in [2.05, 4.69) is 15.2 Å². The zero-order valence-corrected chi connectivity index (χ0v) is 11.9. The van der Waals surface area contributed by atoms with Crippen LogP contribution in [0.5, 0.6) is 0 Å². The Morgan fingerprint density at radius 1 is 1.63 bits per heavy atom. The number of morpholine rings is 1. The molecule has 0 saturated carbocycles. The maximum atomic E-state index is 12.0. The molecule has 1 atom stereocenters. The second kappa shape index (κ2) is 6.95. The van der Waals surface area contributed by atoms with Crippen LogP contribution in [0, 0.1) is 0 Å². The summed E-state index contributed by atoms with van der Waals surface area (Å²) in [6.07, 6.45) is 0. The number of nitrogens with one attached hydrogen (secondary N) is 1. The Hall–Kier alpha value is -1.02. The smallest absolute Gasteiger partial charge is 0.271 e. The molecule has 0 radical (unpaired) electrons. The van der Waals surface area contributed by atoms with Crippen LogP contribution in [-0.2, 0) is 11.3 Å². The summed E-state index contributed by atoms with van der Waals surface area (Å²) < 4.78 is 5.30. The lowest BCUT2D eigenvalue weighted by molar-refractivity contribution is 0.0342. The van der Waals surface area contributed by atoms with E-state index in [9.17, 15) is 4.79 Å². The van der Waals surface area contributed by atoms with Gasteiger partial charge >= 0.3 is 0 Å². The molecule has 2 heterocycles. The van der Waals surface area contributed by atoms with Crippen LogP contribution in [0.4, 0.5) is 0 Å². The number of thiazole rings is 1. The maximum Gasteiger partial charge on any atom is 0.271 e. The highest BCUT2D eigenvalue weighted by Crippen LogP contribution is 2.09. The average molecular weight is 284 g/mol. The minimum atomic E-state index is -0.128. The van der Waals surface area contributed by atoms with Crippen LogP contribution < -0.4 is 11.1 Å². The minimum Gasteiger partial charge on any atom is -0.379 e. The molecule has 1 saturated heterocycles. The number of rotatable bonds is 5. The van der Waals surface area contributed by atoms with Crippen molar-refractivity contribution in [2.75, 3.05) is 32.8 Å². The van der Waals surface area contributed by atoms with Crippen molar-refractivity contribution in [2.45, 2.75) is 19.5 Å². The van der Waals surface area contributed by atoms with Crippen LogP contribution in [0.3, 0.4) is 0 Å². The first-order chi connectivity index (χ1) is 9.19. The molecule has 19 heavy (non-hydrogen) atoms. The van der Waals surface area contributed by atoms with Gasteiger partial charge in [-0.05, 0) is 6.92 Å². The van der Waals surface area contributed by atoms with Gasteiger partial charge in [-0.15, -0.1) is 11.3 Å². The first-order valence-electron chi connectivity index (χ1n) is 6.44. The second-order valence-electron chi connectivity index (χ2n) is 4.62. The number of hydrogen-bond donors (Lipinski definition) is 2. The lowest BCUT2D eigenvalue weighted by Crippen LogP contribution is -2.46. The van der Waals surface area contributed by atoms with Gasteiger partial charge in [-0.3, -0.25) is 9.69 Å². The van der Waals surface area contributed by atoms with E-state index in [0.717, 1.165) is 37.9 Å². The van der Waals surface area contributed by atoms with Gasteiger partial charge in [-0.2, -0.15) is 0 Å². The molecule has 0 bridgehead atoms. The molecule has 106 valence electrons. The molecular formula is C12H20N4O2S. The molecule has 6 nitrogen and oxygen atoms in total. The Morgan fingerprint density at radius 3 is 3.00 bits per heavy atom. The van der Waals surface area contributed by atoms with Crippen LogP contribution in [0.1, 0.15) is 22.4 Å². The summed E-state index contributed by atoms with van der Waals surface area (Å²) in [6, 6.07) is 0.0913. The van der Waals surface area contributed by atoms with Crippen LogP contribution in [0.15, 0.2) is 5.38 Å². The Morgan fingerprint density at radius 2 is 2.37 bits per heavy atom. The molecule has 1 aliphatic rings. The quantitative estimate of drug-likeness (QED) is 0.799. The highest BCUT2D eigenvalue weighted by Gasteiger charge is 2.17. The Balaban J connectivity index is 1.80. The van der Waals surface area contributed by atoms with Crippen LogP contribution in [0.25, 0.3) is 0 Å². The fourth-order valence-electron chi connectivity index (χ4n) is 2.02. The van der Waals surface area contributed by atoms with E-state index in [0.29, 0.717) is 12.2 Å². The van der Waals surface area contributed by atoms with E-state index in [1.54, 1.807) is 5.38 Å². The molecule has 1 aromatic rings. The van der Waals surface area contributed by atoms with Crippen molar-refractivity contribution < 1.29 is 9.53 Å². The lowest BCUT2D eigenvalue weighted by atomic mass is 10.2. The van der Waals surface area contributed by atoms with Gasteiger partial charge in [0.2, 0.25) is 0 Å². The first kappa shape index (κ1) is 14.4. The molecule has 0 spiro atoms. The summed E-state index contributed by atoms with van der Waals surface area (Å²) in [5.41, 5.74) is 5.94. The third-order valence-corrected chi connectivity index (χ3v) is 3.84. The summed E-state index contributed by atoms with van der Waals surface area (Å²) in [6.45, 7) is 6.61. The summed E-state index contributed by atoms with van der Waals surface area (Å²) >= 11 is 1.42. The molecule has 1 amide bonds. The summed E-state index contributed by atoms with van der Waals surface area (Å²) in [4.78, 5) is 18.4. The number of nitrogens with zero attached hydrogens (tertiary/aromatic N) is 2. The SMILES string of the molecule is CC(CN1CCOCC1)NC(=O)c1csc(CN)n1. The number of hydrogen-bond acceptors (Lipinski definition) is 6. The number of aromatic nitrogens is 1. The van der Waals surface area contributed by atoms with Crippen molar-refractivity contribution in [2.24, 2.45) is 5.73 Å². The van der Waals surface area contributed by atoms with Crippen LogP contribution >= 0.6 is 11.3 Å². The molecular weight excluding hydrogens is 264 g/mol. The Labute approximate surface area is 116 Å². The monoisotopic (exact) mass is 284 g/mol. The van der Waals surface area contributed by atoms with Crippen LogP contribution in [0.2, 0.25) is 0 Å². The van der Waals surface area contributed by atoms with Gasteiger partial charge in [0, 0.05) is 37.6 Å². The van der Waals surface area contributed by atoms with Gasteiger partial charge in [-0.25, -0.2) is 4.98 Å². The normalized spacial score (nSPS) is 18.2. The lowest BCUT2D eigenvalue weighted by Gasteiger charge is -2.29. The fraction of sp³-hybridized carbons (Fsp3) is 0.667. The highest BCUT2D eigenvalue weighted by molar-refractivity contribution is 7.09. The second-order valence-corrected chi connectivity index (χ2v) is 5.56. The Kier molecular flexibility index (Phi) is 5.26. The van der Waals surface area contributed by atoms with Crippen molar-refractivity contribution in [1.82, 2.24) is 15.2 Å². The van der Waals surface area contributed by atoms with Gasteiger partial charge in [0.15, 0.2) is 0 Å². The first-order valence-corrected chi connectivity index (χ1v) is 7.32. The largest absolute Gasteiger partial charge is 0.379 e. The number of carbonyl (C=O) groups excluding carboxylic acids is 1. The van der Waals surface area contributed by atoms with Crippen molar-refractivity contribution >= 4 is 17.2 Å². The molecule has 0 aromatic carbocycles. The minimum absolute atomic E-state index is 0.0913. The molecule has 3 N–H and O–H groups in total. The molecule has 1 aliphatic heterocycles. The van der Waals surface area contributed by atoms with E-state index in [4.69, 9.17) is 10.5 Å². The predicted molar refractivity (Wildman–Crippen MR) is 74.2 cm³/mol. The van der Waals surface area contributed by atoms with Gasteiger partial charge < -0.3 is 15.8 Å². The van der Waals surface area contributed by atoms with E-state index in [1.165, 1.54) is 11.3 Å². The average Bonchev–Trinajstić information content (AvgIpc) is 2.88. The van der Waals surface area contributed by atoms with Crippen molar-refractivity contribution in [3.05, 3.63) is 16.1 Å². The molecule has 1 aromatic heterocycles. The third-order valence-electron chi connectivity index (χ3n) is 2.97. The maximum absolute atomic E-state index is 12.0. The standard InChI is InChI=1S/C12H20N4O2S/c1-9(7-16-2-4-18-5-3-16)14-12(17)10-8-19-11(6-13)15-10/h8-9H,2-7,13H2,1H3,(H,14,17). The number of nitrogens with two attached hydrogens (primary N) is 1. The van der Waals surface area contributed by atoms with E-state index < -0.39 is 0 Å². The van der Waals surface area contributed by atoms with E-state index in [-0.39, 0.29) is 11.9 Å². The van der Waals surface area contributed by atoms with Crippen LogP contribution in [-0.4, -0.2) is 54.7 Å². The van der Waals surface area contributed by atoms with Crippen molar-refractivity contribution in [3.63, 3.8) is 0 Å². The van der Waals surface area contributed by atoms with E-state index >= 15 is 0 Å². The van der Waals surface area contributed by atoms with E-state index in [1.807, 2.05) is 6.92 Å². The summed E-state index contributed by atoms with van der Waals surface area (Å²) in [5, 5.41) is 5.50. The third kappa shape index (κ3) is 4.24. The van der Waals surface area contributed by atoms with Gasteiger partial charge in [0.1, 0.15) is 10.7 Å². The van der Waals surface area contributed by atoms with Gasteiger partial charge in [-0.1, -0.05) is 0 Å². The molecule has 1 fully saturated rings. The molecule has 1 unspecified atom stereocenters. The van der Waals surface area contributed by atoms with Crippen molar-refractivity contribution in [1.29, 1.82) is 0 Å². The zero-order valence-electron chi connectivity index (χ0n) is 11.1. The molecule has 2 rings (SSSR count). The summed E-state index contributed by atoms with van der Waals surface area (Å²) in [7, 11) is 0. The van der Waals surface area contributed by atoms with Gasteiger partial charge in [0.05, 0.1) is 13.2 Å². The number of ether oxygens (including phenoxy) is 1. The van der Waals surface area contributed by atoms with Gasteiger partial charge in [0.25, 0.3) is 5.91 Å². The fourth-order valence-corrected chi connectivity index (χ4v) is 2.68.